The monoisotopic (exact) mass is 194 g/mol. The number of carbonyl (C=O) groups excluding carboxylic acids is 1. The van der Waals surface area contributed by atoms with Crippen LogP contribution in [0.25, 0.3) is 0 Å². The van der Waals surface area contributed by atoms with E-state index in [4.69, 9.17) is 5.73 Å². The molecule has 3 N–H and O–H groups in total. The summed E-state index contributed by atoms with van der Waals surface area (Å²) in [6, 6.07) is 0. The Hall–Kier alpha value is -1.01. The average Bonchev–Trinajstić information content (AvgIpc) is 2.12. The van der Waals surface area contributed by atoms with Crippen molar-refractivity contribution in [1.29, 1.82) is 0 Å². The molecule has 0 aromatic carbocycles. The van der Waals surface area contributed by atoms with Gasteiger partial charge in [-0.1, -0.05) is 12.3 Å². The third-order valence-corrected chi connectivity index (χ3v) is 2.93. The van der Waals surface area contributed by atoms with Gasteiger partial charge in [0.05, 0.1) is 6.54 Å². The molecule has 0 radical (unpaired) electrons. The molecular weight excluding hydrogens is 176 g/mol. The average molecular weight is 194 g/mol. The van der Waals surface area contributed by atoms with Crippen molar-refractivity contribution in [2.24, 2.45) is 11.1 Å². The molecule has 1 amide bonds. The summed E-state index contributed by atoms with van der Waals surface area (Å²) in [5.74, 6) is 5.63. The summed E-state index contributed by atoms with van der Waals surface area (Å²) in [7, 11) is 0. The lowest BCUT2D eigenvalue weighted by Crippen LogP contribution is -2.42. The van der Waals surface area contributed by atoms with Gasteiger partial charge in [-0.05, 0) is 31.7 Å². The Morgan fingerprint density at radius 1 is 1.57 bits per heavy atom. The van der Waals surface area contributed by atoms with Crippen molar-refractivity contribution in [3.05, 3.63) is 0 Å². The fourth-order valence-electron chi connectivity index (χ4n) is 1.76. The minimum atomic E-state index is 0.0814. The van der Waals surface area contributed by atoms with Crippen LogP contribution in [0.2, 0.25) is 0 Å². The van der Waals surface area contributed by atoms with Gasteiger partial charge in [0.2, 0.25) is 5.91 Å². The van der Waals surface area contributed by atoms with Crippen LogP contribution in [0.3, 0.4) is 0 Å². The van der Waals surface area contributed by atoms with Crippen molar-refractivity contribution < 1.29 is 4.79 Å². The molecule has 0 spiro atoms. The van der Waals surface area contributed by atoms with Crippen LogP contribution < -0.4 is 11.1 Å². The lowest BCUT2D eigenvalue weighted by Gasteiger charge is -2.40. The maximum absolute atomic E-state index is 11.5. The molecule has 1 rings (SSSR count). The van der Waals surface area contributed by atoms with Gasteiger partial charge in [0.25, 0.3) is 0 Å². The minimum Gasteiger partial charge on any atom is -0.345 e. The smallest absolute Gasteiger partial charge is 0.221 e. The van der Waals surface area contributed by atoms with E-state index in [1.807, 2.05) is 0 Å². The molecule has 0 saturated heterocycles. The van der Waals surface area contributed by atoms with Crippen LogP contribution in [-0.4, -0.2) is 19.0 Å². The molecule has 3 heteroatoms. The summed E-state index contributed by atoms with van der Waals surface area (Å²) < 4.78 is 0. The Morgan fingerprint density at radius 2 is 2.29 bits per heavy atom. The lowest BCUT2D eigenvalue weighted by molar-refractivity contribution is -0.124. The van der Waals surface area contributed by atoms with Crippen molar-refractivity contribution >= 4 is 5.91 Å². The van der Waals surface area contributed by atoms with Gasteiger partial charge in [-0.2, -0.15) is 0 Å². The summed E-state index contributed by atoms with van der Waals surface area (Å²) in [6.07, 6.45) is 3.96. The van der Waals surface area contributed by atoms with Crippen LogP contribution in [-0.2, 0) is 4.79 Å². The molecule has 0 aromatic heterocycles. The third-order valence-electron chi connectivity index (χ3n) is 2.93. The summed E-state index contributed by atoms with van der Waals surface area (Å²) in [5.41, 5.74) is 5.76. The minimum absolute atomic E-state index is 0.0814. The molecule has 1 saturated carbocycles. The Bertz CT molecular complexity index is 253. The van der Waals surface area contributed by atoms with Crippen molar-refractivity contribution in [2.45, 2.75) is 32.6 Å². The molecule has 1 aliphatic carbocycles. The second-order valence-corrected chi connectivity index (χ2v) is 3.94. The van der Waals surface area contributed by atoms with Crippen LogP contribution in [0.4, 0.5) is 0 Å². The molecule has 0 aromatic rings. The van der Waals surface area contributed by atoms with Crippen LogP contribution >= 0.6 is 0 Å². The zero-order valence-corrected chi connectivity index (χ0v) is 8.73. The molecule has 0 bridgehead atoms. The Balaban J connectivity index is 2.27. The normalized spacial score (nSPS) is 17.6. The van der Waals surface area contributed by atoms with Gasteiger partial charge in [-0.3, -0.25) is 4.79 Å². The number of nitrogens with one attached hydrogen (secondary N) is 1. The highest BCUT2D eigenvalue weighted by molar-refractivity contribution is 5.77. The van der Waals surface area contributed by atoms with Crippen LogP contribution in [0, 0.1) is 17.3 Å². The van der Waals surface area contributed by atoms with Crippen LogP contribution in [0.1, 0.15) is 32.6 Å². The zero-order valence-electron chi connectivity index (χ0n) is 8.73. The molecule has 1 fully saturated rings. The molecule has 78 valence electrons. The number of carbonyl (C=O) groups is 1. The SMILES string of the molecule is CC#CCNC(=O)CC1(CN)CCC1. The number of amides is 1. The lowest BCUT2D eigenvalue weighted by atomic mass is 9.66. The third kappa shape index (κ3) is 2.74. The number of rotatable bonds is 4. The second kappa shape index (κ2) is 5.02. The molecule has 0 heterocycles. The van der Waals surface area contributed by atoms with Crippen molar-refractivity contribution in [1.82, 2.24) is 5.32 Å². The van der Waals surface area contributed by atoms with E-state index in [9.17, 15) is 4.79 Å². The quantitative estimate of drug-likeness (QED) is 0.645. The molecule has 0 unspecified atom stereocenters. The first-order valence-electron chi connectivity index (χ1n) is 5.09. The van der Waals surface area contributed by atoms with Crippen molar-refractivity contribution in [3.8, 4) is 11.8 Å². The van der Waals surface area contributed by atoms with Gasteiger partial charge in [-0.25, -0.2) is 0 Å². The van der Waals surface area contributed by atoms with E-state index in [1.54, 1.807) is 6.92 Å². The van der Waals surface area contributed by atoms with Gasteiger partial charge in [-0.15, -0.1) is 5.92 Å². The maximum atomic E-state index is 11.5. The van der Waals surface area contributed by atoms with Gasteiger partial charge < -0.3 is 11.1 Å². The van der Waals surface area contributed by atoms with Gasteiger partial charge in [0, 0.05) is 6.42 Å². The molecule has 0 atom stereocenters. The Morgan fingerprint density at radius 3 is 2.71 bits per heavy atom. The van der Waals surface area contributed by atoms with E-state index in [-0.39, 0.29) is 11.3 Å². The highest BCUT2D eigenvalue weighted by Crippen LogP contribution is 2.42. The summed E-state index contributed by atoms with van der Waals surface area (Å²) in [5, 5.41) is 2.77. The summed E-state index contributed by atoms with van der Waals surface area (Å²) in [4.78, 5) is 11.5. The van der Waals surface area contributed by atoms with E-state index in [1.165, 1.54) is 6.42 Å². The van der Waals surface area contributed by atoms with E-state index in [0.29, 0.717) is 19.5 Å². The molecule has 14 heavy (non-hydrogen) atoms. The molecule has 3 nitrogen and oxygen atoms in total. The Kier molecular flexibility index (Phi) is 3.97. The molecule has 1 aliphatic rings. The largest absolute Gasteiger partial charge is 0.345 e. The first-order valence-corrected chi connectivity index (χ1v) is 5.09. The highest BCUT2D eigenvalue weighted by atomic mass is 16.1. The van der Waals surface area contributed by atoms with Gasteiger partial charge in [0.15, 0.2) is 0 Å². The fraction of sp³-hybridized carbons (Fsp3) is 0.727. The predicted octanol–water partition coefficient (Wildman–Crippen LogP) is 0.645. The van der Waals surface area contributed by atoms with Crippen molar-refractivity contribution in [2.75, 3.05) is 13.1 Å². The standard InChI is InChI=1S/C11H18N2O/c1-2-3-7-13-10(14)8-11(9-12)5-4-6-11/h4-9,12H2,1H3,(H,13,14). The zero-order chi connectivity index (χ0) is 10.4. The predicted molar refractivity (Wildman–Crippen MR) is 56.4 cm³/mol. The molecule has 0 aliphatic heterocycles. The maximum Gasteiger partial charge on any atom is 0.221 e. The first-order chi connectivity index (χ1) is 6.72. The fourth-order valence-corrected chi connectivity index (χ4v) is 1.76. The van der Waals surface area contributed by atoms with E-state index < -0.39 is 0 Å². The first kappa shape index (κ1) is 11.1. The van der Waals surface area contributed by atoms with E-state index in [2.05, 4.69) is 17.2 Å². The number of hydrogen-bond acceptors (Lipinski definition) is 2. The highest BCUT2D eigenvalue weighted by Gasteiger charge is 2.37. The van der Waals surface area contributed by atoms with Crippen LogP contribution in [0.5, 0.6) is 0 Å². The number of nitrogens with two attached hydrogens (primary N) is 1. The van der Waals surface area contributed by atoms with Crippen LogP contribution in [0.15, 0.2) is 0 Å². The van der Waals surface area contributed by atoms with E-state index in [0.717, 1.165) is 12.8 Å². The van der Waals surface area contributed by atoms with Gasteiger partial charge >= 0.3 is 0 Å². The van der Waals surface area contributed by atoms with E-state index >= 15 is 0 Å². The summed E-state index contributed by atoms with van der Waals surface area (Å²) >= 11 is 0. The van der Waals surface area contributed by atoms with Gasteiger partial charge in [0.1, 0.15) is 0 Å². The Labute approximate surface area is 85.4 Å². The topological polar surface area (TPSA) is 55.1 Å². The molecular formula is C11H18N2O. The number of hydrogen-bond donors (Lipinski definition) is 2. The second-order valence-electron chi connectivity index (χ2n) is 3.94. The van der Waals surface area contributed by atoms with Crippen molar-refractivity contribution in [3.63, 3.8) is 0 Å². The summed E-state index contributed by atoms with van der Waals surface area (Å²) in [6.45, 7) is 2.84.